The quantitative estimate of drug-likeness (QED) is 0.761. The van der Waals surface area contributed by atoms with E-state index >= 15 is 0 Å². The Balaban J connectivity index is 1.67. The number of likely N-dealkylation sites (tertiary alicyclic amines) is 1. The fourth-order valence-electron chi connectivity index (χ4n) is 3.76. The molecule has 0 saturated carbocycles. The number of sulfonamides is 1. The van der Waals surface area contributed by atoms with Gasteiger partial charge in [0.1, 0.15) is 0 Å². The molecule has 1 aromatic rings. The summed E-state index contributed by atoms with van der Waals surface area (Å²) < 4.78 is 27.1. The van der Waals surface area contributed by atoms with Crippen LogP contribution in [0.2, 0.25) is 0 Å². The van der Waals surface area contributed by atoms with E-state index in [2.05, 4.69) is 30.8 Å². The van der Waals surface area contributed by atoms with Gasteiger partial charge in [-0.2, -0.15) is 5.10 Å². The lowest BCUT2D eigenvalue weighted by molar-refractivity contribution is 0.210. The van der Waals surface area contributed by atoms with Crippen LogP contribution in [-0.2, 0) is 22.0 Å². The Kier molecular flexibility index (Phi) is 5.55. The Morgan fingerprint density at radius 3 is 2.58 bits per heavy atom. The van der Waals surface area contributed by atoms with Crippen LogP contribution in [0.15, 0.2) is 16.9 Å². The van der Waals surface area contributed by atoms with Gasteiger partial charge in [0.2, 0.25) is 10.0 Å². The van der Waals surface area contributed by atoms with E-state index in [1.165, 1.54) is 0 Å². The van der Waals surface area contributed by atoms with Crippen LogP contribution >= 0.6 is 0 Å². The topological polar surface area (TPSA) is 75.5 Å². The summed E-state index contributed by atoms with van der Waals surface area (Å²) in [6.45, 7) is 9.67. The predicted octanol–water partition coefficient (Wildman–Crippen LogP) is 1.04. The van der Waals surface area contributed by atoms with Crippen LogP contribution in [0.1, 0.15) is 45.7 Å². The summed E-state index contributed by atoms with van der Waals surface area (Å²) in [5, 5.41) is 4.57. The Morgan fingerprint density at radius 2 is 1.92 bits per heavy atom. The molecule has 0 aliphatic carbocycles. The molecule has 0 bridgehead atoms. The number of aromatic nitrogens is 2. The van der Waals surface area contributed by atoms with E-state index in [4.69, 9.17) is 0 Å². The van der Waals surface area contributed by atoms with Crippen LogP contribution in [0.4, 0.5) is 0 Å². The van der Waals surface area contributed by atoms with E-state index in [9.17, 15) is 13.2 Å². The molecule has 8 heteroatoms. The minimum absolute atomic E-state index is 0.0769. The van der Waals surface area contributed by atoms with Gasteiger partial charge in [0, 0.05) is 37.2 Å². The maximum Gasteiger partial charge on any atom is 0.266 e. The van der Waals surface area contributed by atoms with Crippen molar-refractivity contribution in [2.75, 3.05) is 31.9 Å². The molecular weight excluding hydrogens is 352 g/mol. The van der Waals surface area contributed by atoms with Crippen molar-refractivity contribution in [2.24, 2.45) is 0 Å². The molecule has 2 aliphatic rings. The van der Waals surface area contributed by atoms with Crippen molar-refractivity contribution in [2.45, 2.75) is 58.0 Å². The van der Waals surface area contributed by atoms with E-state index in [1.807, 2.05) is 6.07 Å². The van der Waals surface area contributed by atoms with Crippen molar-refractivity contribution in [3.05, 3.63) is 28.2 Å². The highest BCUT2D eigenvalue weighted by Crippen LogP contribution is 2.21. The number of rotatable bonds is 5. The third-order valence-corrected chi connectivity index (χ3v) is 7.31. The van der Waals surface area contributed by atoms with E-state index in [1.54, 1.807) is 15.1 Å². The Hall–Kier alpha value is -1.25. The second-order valence-corrected chi connectivity index (χ2v) is 10.5. The van der Waals surface area contributed by atoms with Gasteiger partial charge < -0.3 is 0 Å². The Labute approximate surface area is 156 Å². The van der Waals surface area contributed by atoms with Gasteiger partial charge in [-0.3, -0.25) is 9.69 Å². The molecule has 0 N–H and O–H groups in total. The van der Waals surface area contributed by atoms with Crippen molar-refractivity contribution in [1.29, 1.82) is 0 Å². The highest BCUT2D eigenvalue weighted by Gasteiger charge is 2.31. The molecule has 146 valence electrons. The number of hydrogen-bond donors (Lipinski definition) is 0. The number of hydrogen-bond acceptors (Lipinski definition) is 5. The first kappa shape index (κ1) is 19.5. The van der Waals surface area contributed by atoms with Gasteiger partial charge in [0.15, 0.2) is 0 Å². The van der Waals surface area contributed by atoms with Crippen LogP contribution in [-0.4, -0.2) is 65.4 Å². The average Bonchev–Trinajstić information content (AvgIpc) is 3.12. The largest absolute Gasteiger partial charge is 0.297 e. The fourth-order valence-corrected chi connectivity index (χ4v) is 5.28. The maximum absolute atomic E-state index is 12.2. The Morgan fingerprint density at radius 1 is 1.15 bits per heavy atom. The molecule has 26 heavy (non-hydrogen) atoms. The lowest BCUT2D eigenvalue weighted by atomic mass is 9.92. The second kappa shape index (κ2) is 7.40. The molecule has 0 spiro atoms. The number of nitrogens with zero attached hydrogens (tertiary/aromatic N) is 4. The average molecular weight is 383 g/mol. The lowest BCUT2D eigenvalue weighted by Gasteiger charge is -2.27. The van der Waals surface area contributed by atoms with Crippen LogP contribution < -0.4 is 5.56 Å². The van der Waals surface area contributed by atoms with Crippen LogP contribution in [0.5, 0.6) is 0 Å². The first-order chi connectivity index (χ1) is 12.2. The minimum Gasteiger partial charge on any atom is -0.297 e. The molecular formula is C18H30N4O3S. The van der Waals surface area contributed by atoms with E-state index in [0.717, 1.165) is 38.0 Å². The summed E-state index contributed by atoms with van der Waals surface area (Å²) in [5.41, 5.74) is 0.728. The van der Waals surface area contributed by atoms with E-state index < -0.39 is 10.0 Å². The maximum atomic E-state index is 12.2. The van der Waals surface area contributed by atoms with Gasteiger partial charge in [-0.05, 0) is 31.9 Å². The molecule has 2 saturated heterocycles. The molecule has 0 aromatic carbocycles. The van der Waals surface area contributed by atoms with E-state index in [-0.39, 0.29) is 22.8 Å². The summed E-state index contributed by atoms with van der Waals surface area (Å²) in [7, 11) is -3.04. The Bertz CT molecular complexity index is 797. The second-order valence-electron chi connectivity index (χ2n) is 8.39. The smallest absolute Gasteiger partial charge is 0.266 e. The molecule has 2 fully saturated rings. The van der Waals surface area contributed by atoms with Crippen LogP contribution in [0, 0.1) is 0 Å². The normalized spacial score (nSPS) is 24.3. The standard InChI is InChI=1S/C18H30N4O3S/c1-18(2,3)16-7-8-17(23)22(19-16)14-15-6-4-9-20(15)11-12-21-10-5-13-26(21,24)25/h7-8,15H,4-6,9-14H2,1-3H3. The van der Waals surface area contributed by atoms with Crippen molar-refractivity contribution in [3.63, 3.8) is 0 Å². The van der Waals surface area contributed by atoms with Crippen LogP contribution in [0.3, 0.4) is 0 Å². The first-order valence-electron chi connectivity index (χ1n) is 9.47. The molecule has 7 nitrogen and oxygen atoms in total. The molecule has 1 atom stereocenters. The zero-order valence-electron chi connectivity index (χ0n) is 16.0. The molecule has 1 aromatic heterocycles. The van der Waals surface area contributed by atoms with Crippen molar-refractivity contribution < 1.29 is 8.42 Å². The lowest BCUT2D eigenvalue weighted by Crippen LogP contribution is -2.42. The fraction of sp³-hybridized carbons (Fsp3) is 0.778. The minimum atomic E-state index is -3.04. The van der Waals surface area contributed by atoms with Crippen molar-refractivity contribution >= 4 is 10.0 Å². The monoisotopic (exact) mass is 382 g/mol. The van der Waals surface area contributed by atoms with Gasteiger partial charge in [-0.25, -0.2) is 17.4 Å². The first-order valence-corrected chi connectivity index (χ1v) is 11.1. The molecule has 2 aliphatic heterocycles. The van der Waals surface area contributed by atoms with Crippen molar-refractivity contribution in [3.8, 4) is 0 Å². The van der Waals surface area contributed by atoms with Gasteiger partial charge in [-0.15, -0.1) is 0 Å². The SMILES string of the molecule is CC(C)(C)c1ccc(=O)n(CC2CCCN2CCN2CCCS2(=O)=O)n1. The third-order valence-electron chi connectivity index (χ3n) is 5.36. The van der Waals surface area contributed by atoms with Gasteiger partial charge in [-0.1, -0.05) is 20.8 Å². The van der Waals surface area contributed by atoms with E-state index in [0.29, 0.717) is 19.6 Å². The van der Waals surface area contributed by atoms with Gasteiger partial charge in [0.25, 0.3) is 5.56 Å². The summed E-state index contributed by atoms with van der Waals surface area (Å²) in [5.74, 6) is 0.273. The van der Waals surface area contributed by atoms with Gasteiger partial charge >= 0.3 is 0 Å². The predicted molar refractivity (Wildman–Crippen MR) is 102 cm³/mol. The highest BCUT2D eigenvalue weighted by molar-refractivity contribution is 7.89. The zero-order chi connectivity index (χ0) is 18.9. The summed E-state index contributed by atoms with van der Waals surface area (Å²) >= 11 is 0. The van der Waals surface area contributed by atoms with Crippen LogP contribution in [0.25, 0.3) is 0 Å². The molecule has 1 unspecified atom stereocenters. The highest BCUT2D eigenvalue weighted by atomic mass is 32.2. The molecule has 0 radical (unpaired) electrons. The molecule has 3 rings (SSSR count). The van der Waals surface area contributed by atoms with Gasteiger partial charge in [0.05, 0.1) is 18.0 Å². The summed E-state index contributed by atoms with van der Waals surface area (Å²) in [6.07, 6.45) is 2.82. The molecule has 3 heterocycles. The summed E-state index contributed by atoms with van der Waals surface area (Å²) in [6, 6.07) is 3.65. The molecule has 0 amide bonds. The zero-order valence-corrected chi connectivity index (χ0v) is 16.8. The van der Waals surface area contributed by atoms with Crippen molar-refractivity contribution in [1.82, 2.24) is 19.0 Å². The third kappa shape index (κ3) is 4.35. The summed E-state index contributed by atoms with van der Waals surface area (Å²) in [4.78, 5) is 14.6.